The first-order valence-corrected chi connectivity index (χ1v) is 12.4. The van der Waals surface area contributed by atoms with Crippen LogP contribution in [0.1, 0.15) is 18.7 Å². The van der Waals surface area contributed by atoms with Crippen LogP contribution in [0, 0.1) is 0 Å². The van der Waals surface area contributed by atoms with Crippen molar-refractivity contribution in [2.45, 2.75) is 30.3 Å². The summed E-state index contributed by atoms with van der Waals surface area (Å²) in [6.45, 7) is 2.08. The molecule has 31 heavy (non-hydrogen) atoms. The molecule has 0 aliphatic carbocycles. The lowest BCUT2D eigenvalue weighted by Crippen LogP contribution is -2.44. The molecular formula is C20H22N6O3S2. The molecule has 3 aromatic heterocycles. The normalized spacial score (nSPS) is 16.4. The molecule has 0 radical (unpaired) electrons. The number of sulfonamides is 1. The summed E-state index contributed by atoms with van der Waals surface area (Å²) >= 11 is 1.42. The van der Waals surface area contributed by atoms with Crippen molar-refractivity contribution < 1.29 is 8.42 Å². The first-order valence-electron chi connectivity index (χ1n) is 10.0. The standard InChI is InChI=1S/C20H22N6O3S2/c1-24-19(27)18-16(9-12-30-18)26-17(21-22-20(24)26)13-25-10-7-14(8-11-25)23-31(28,29)15-5-3-2-4-6-15/h2-6,9,12,14,23H,7-8,10-11,13H2,1H3. The van der Waals surface area contributed by atoms with Gasteiger partial charge in [0.25, 0.3) is 5.56 Å². The van der Waals surface area contributed by atoms with Gasteiger partial charge in [-0.25, -0.2) is 13.1 Å². The van der Waals surface area contributed by atoms with E-state index < -0.39 is 10.0 Å². The van der Waals surface area contributed by atoms with E-state index in [0.29, 0.717) is 17.0 Å². The lowest BCUT2D eigenvalue weighted by Gasteiger charge is -2.31. The quantitative estimate of drug-likeness (QED) is 0.487. The average molecular weight is 459 g/mol. The summed E-state index contributed by atoms with van der Waals surface area (Å²) in [4.78, 5) is 15.0. The van der Waals surface area contributed by atoms with E-state index in [1.807, 2.05) is 15.8 Å². The number of nitrogens with zero attached hydrogens (tertiary/aromatic N) is 5. The summed E-state index contributed by atoms with van der Waals surface area (Å²) in [6, 6.07) is 10.3. The third kappa shape index (κ3) is 3.67. The molecule has 1 saturated heterocycles. The van der Waals surface area contributed by atoms with Gasteiger partial charge in [0.2, 0.25) is 15.8 Å². The molecular weight excluding hydrogens is 436 g/mol. The van der Waals surface area contributed by atoms with E-state index in [1.54, 1.807) is 37.4 Å². The van der Waals surface area contributed by atoms with Gasteiger partial charge in [0, 0.05) is 26.2 Å². The van der Waals surface area contributed by atoms with Crippen LogP contribution in [0.25, 0.3) is 16.0 Å². The molecule has 4 heterocycles. The molecule has 4 aromatic rings. The second-order valence-corrected chi connectivity index (χ2v) is 10.4. The molecule has 1 N–H and O–H groups in total. The van der Waals surface area contributed by atoms with Gasteiger partial charge in [-0.05, 0) is 36.4 Å². The maximum Gasteiger partial charge on any atom is 0.272 e. The highest BCUT2D eigenvalue weighted by molar-refractivity contribution is 7.89. The Hall–Kier alpha value is -2.60. The van der Waals surface area contributed by atoms with E-state index in [-0.39, 0.29) is 16.5 Å². The number of rotatable bonds is 5. The first kappa shape index (κ1) is 20.3. The molecule has 162 valence electrons. The van der Waals surface area contributed by atoms with Crippen molar-refractivity contribution >= 4 is 37.4 Å². The maximum atomic E-state index is 12.6. The number of hydrogen-bond donors (Lipinski definition) is 1. The number of fused-ring (bicyclic) bond motifs is 3. The van der Waals surface area contributed by atoms with Crippen molar-refractivity contribution in [2.75, 3.05) is 13.1 Å². The smallest absolute Gasteiger partial charge is 0.272 e. The van der Waals surface area contributed by atoms with E-state index in [0.717, 1.165) is 37.3 Å². The zero-order valence-corrected chi connectivity index (χ0v) is 18.6. The molecule has 9 nitrogen and oxygen atoms in total. The van der Waals surface area contributed by atoms with Crippen LogP contribution in [0.4, 0.5) is 0 Å². The van der Waals surface area contributed by atoms with Gasteiger partial charge in [-0.2, -0.15) is 0 Å². The topological polar surface area (TPSA) is 102 Å². The van der Waals surface area contributed by atoms with Gasteiger partial charge in [-0.3, -0.25) is 18.7 Å². The van der Waals surface area contributed by atoms with E-state index in [2.05, 4.69) is 19.8 Å². The zero-order chi connectivity index (χ0) is 21.6. The Morgan fingerprint density at radius 1 is 1.13 bits per heavy atom. The highest BCUT2D eigenvalue weighted by Crippen LogP contribution is 2.21. The molecule has 0 unspecified atom stereocenters. The Labute approximate surface area is 183 Å². The third-order valence-corrected chi connectivity index (χ3v) is 8.15. The number of aromatic nitrogens is 4. The minimum absolute atomic E-state index is 0.0667. The molecule has 0 amide bonds. The number of aryl methyl sites for hydroxylation is 1. The summed E-state index contributed by atoms with van der Waals surface area (Å²) in [5, 5.41) is 10.5. The van der Waals surface area contributed by atoms with Gasteiger partial charge < -0.3 is 0 Å². The minimum Gasteiger partial charge on any atom is -0.296 e. The van der Waals surface area contributed by atoms with E-state index in [1.165, 1.54) is 15.9 Å². The fraction of sp³-hybridized carbons (Fsp3) is 0.350. The van der Waals surface area contributed by atoms with Crippen molar-refractivity contribution in [3.05, 3.63) is 58.0 Å². The Morgan fingerprint density at radius 2 is 1.87 bits per heavy atom. The fourth-order valence-corrected chi connectivity index (χ4v) is 6.23. The third-order valence-electron chi connectivity index (χ3n) is 5.73. The van der Waals surface area contributed by atoms with Crippen LogP contribution in [0.5, 0.6) is 0 Å². The Morgan fingerprint density at radius 3 is 2.61 bits per heavy atom. The predicted octanol–water partition coefficient (Wildman–Crippen LogP) is 1.59. The first-order chi connectivity index (χ1) is 14.9. The molecule has 0 saturated carbocycles. The monoisotopic (exact) mass is 458 g/mol. The number of piperidine rings is 1. The molecule has 11 heteroatoms. The highest BCUT2D eigenvalue weighted by Gasteiger charge is 2.26. The SMILES string of the molecule is Cn1c(=O)c2sccc2n2c(CN3CCC(NS(=O)(=O)c4ccccc4)CC3)nnc12. The van der Waals surface area contributed by atoms with Gasteiger partial charge in [0.05, 0.1) is 17.0 Å². The Balaban J connectivity index is 1.30. The van der Waals surface area contributed by atoms with E-state index in [4.69, 9.17) is 0 Å². The number of likely N-dealkylation sites (tertiary alicyclic amines) is 1. The second kappa shape index (κ2) is 7.83. The average Bonchev–Trinajstić information content (AvgIpc) is 3.41. The fourth-order valence-electron chi connectivity index (χ4n) is 4.05. The van der Waals surface area contributed by atoms with Crippen LogP contribution < -0.4 is 10.3 Å². The second-order valence-electron chi connectivity index (χ2n) is 7.74. The molecule has 1 aromatic carbocycles. The number of hydrogen-bond acceptors (Lipinski definition) is 7. The van der Waals surface area contributed by atoms with Crippen LogP contribution in [0.15, 0.2) is 51.5 Å². The highest BCUT2D eigenvalue weighted by atomic mass is 32.2. The van der Waals surface area contributed by atoms with Crippen LogP contribution >= 0.6 is 11.3 Å². The van der Waals surface area contributed by atoms with E-state index in [9.17, 15) is 13.2 Å². The van der Waals surface area contributed by atoms with Crippen LogP contribution in [0.3, 0.4) is 0 Å². The predicted molar refractivity (Wildman–Crippen MR) is 119 cm³/mol. The van der Waals surface area contributed by atoms with Crippen LogP contribution in [0.2, 0.25) is 0 Å². The summed E-state index contributed by atoms with van der Waals surface area (Å²) in [5.41, 5.74) is 0.761. The molecule has 1 aliphatic heterocycles. The molecule has 5 rings (SSSR count). The van der Waals surface area contributed by atoms with Crippen LogP contribution in [-0.2, 0) is 23.6 Å². The van der Waals surface area contributed by atoms with Gasteiger partial charge in [0.1, 0.15) is 4.70 Å². The van der Waals surface area contributed by atoms with Crippen molar-refractivity contribution in [3.8, 4) is 0 Å². The van der Waals surface area contributed by atoms with Crippen molar-refractivity contribution in [3.63, 3.8) is 0 Å². The Kier molecular flexibility index (Phi) is 5.13. The summed E-state index contributed by atoms with van der Waals surface area (Å²) in [5.74, 6) is 1.30. The Bertz CT molecular complexity index is 1400. The van der Waals surface area contributed by atoms with Gasteiger partial charge in [0.15, 0.2) is 5.82 Å². The van der Waals surface area contributed by atoms with Crippen molar-refractivity contribution in [1.82, 2.24) is 28.8 Å². The van der Waals surface area contributed by atoms with Gasteiger partial charge in [-0.1, -0.05) is 18.2 Å². The van der Waals surface area contributed by atoms with Gasteiger partial charge in [-0.15, -0.1) is 21.5 Å². The summed E-state index contributed by atoms with van der Waals surface area (Å²) in [6.07, 6.45) is 1.43. The number of nitrogens with one attached hydrogen (secondary N) is 1. The number of benzene rings is 1. The largest absolute Gasteiger partial charge is 0.296 e. The van der Waals surface area contributed by atoms with Crippen molar-refractivity contribution in [1.29, 1.82) is 0 Å². The molecule has 0 atom stereocenters. The molecule has 0 bridgehead atoms. The van der Waals surface area contributed by atoms with E-state index >= 15 is 0 Å². The maximum absolute atomic E-state index is 12.6. The molecule has 1 aliphatic rings. The van der Waals surface area contributed by atoms with Crippen LogP contribution in [-0.4, -0.2) is 51.6 Å². The summed E-state index contributed by atoms with van der Waals surface area (Å²) in [7, 11) is -1.80. The zero-order valence-electron chi connectivity index (χ0n) is 16.9. The number of thiophene rings is 1. The lowest BCUT2D eigenvalue weighted by atomic mass is 10.1. The summed E-state index contributed by atoms with van der Waals surface area (Å²) < 4.78 is 32.1. The molecule has 1 fully saturated rings. The molecule has 0 spiro atoms. The minimum atomic E-state index is -3.51. The lowest BCUT2D eigenvalue weighted by molar-refractivity contribution is 0.195. The van der Waals surface area contributed by atoms with Gasteiger partial charge >= 0.3 is 0 Å². The van der Waals surface area contributed by atoms with Crippen molar-refractivity contribution in [2.24, 2.45) is 7.05 Å².